The van der Waals surface area contributed by atoms with E-state index >= 15 is 0 Å². The molecule has 5 aromatic rings. The van der Waals surface area contributed by atoms with Crippen LogP contribution in [0, 0.1) is 0 Å². The highest BCUT2D eigenvalue weighted by Crippen LogP contribution is 2.35. The van der Waals surface area contributed by atoms with E-state index in [0.717, 1.165) is 22.4 Å². The first-order valence-corrected chi connectivity index (χ1v) is 12.8. The number of aryl methyl sites for hydroxylation is 1. The number of H-pyrrole nitrogens is 1. The number of carbonyl (C=O) groups is 2. The van der Waals surface area contributed by atoms with E-state index in [4.69, 9.17) is 10.7 Å². The number of fused-ring (bicyclic) bond motifs is 1. The molecular weight excluding hydrogens is 512 g/mol. The van der Waals surface area contributed by atoms with Crippen LogP contribution in [0.4, 0.5) is 5.82 Å². The lowest BCUT2D eigenvalue weighted by Gasteiger charge is -2.32. The van der Waals surface area contributed by atoms with Gasteiger partial charge in [-0.05, 0) is 25.8 Å². The predicted molar refractivity (Wildman–Crippen MR) is 146 cm³/mol. The fourth-order valence-corrected chi connectivity index (χ4v) is 5.18. The number of ketones is 1. The van der Waals surface area contributed by atoms with Crippen LogP contribution >= 0.6 is 0 Å². The molecule has 0 saturated carbocycles. The monoisotopic (exact) mass is 538 g/mol. The highest BCUT2D eigenvalue weighted by Gasteiger charge is 2.31. The van der Waals surface area contributed by atoms with E-state index in [-0.39, 0.29) is 23.2 Å². The van der Waals surface area contributed by atoms with Crippen LogP contribution in [0.25, 0.3) is 28.0 Å². The maximum Gasteiger partial charge on any atom is 0.279 e. The number of piperidine rings is 1. The SMILES string of the molecule is CC(=O)c1c(C2CCN(C(=O)c3ncc[nH]c3=O)CC2)nc2c(-c3ccc(-c4cnn(C)c4)nc3)cnn2c1N. The number of likely N-dealkylation sites (tertiary alicyclic amines) is 1. The van der Waals surface area contributed by atoms with E-state index in [1.54, 1.807) is 28.2 Å². The Labute approximate surface area is 227 Å². The maximum absolute atomic E-state index is 12.9. The number of nitrogen functional groups attached to an aromatic ring is 1. The molecule has 6 heterocycles. The molecule has 13 heteroatoms. The first-order chi connectivity index (χ1) is 19.3. The van der Waals surface area contributed by atoms with Gasteiger partial charge < -0.3 is 15.6 Å². The Morgan fingerprint density at radius 2 is 1.85 bits per heavy atom. The van der Waals surface area contributed by atoms with Crippen molar-refractivity contribution in [2.45, 2.75) is 25.7 Å². The van der Waals surface area contributed by atoms with Gasteiger partial charge in [0.05, 0.1) is 29.3 Å². The molecule has 0 aromatic carbocycles. The van der Waals surface area contributed by atoms with Crippen molar-refractivity contribution in [1.29, 1.82) is 0 Å². The van der Waals surface area contributed by atoms with E-state index in [2.05, 4.69) is 25.1 Å². The summed E-state index contributed by atoms with van der Waals surface area (Å²) in [5, 5.41) is 8.63. The van der Waals surface area contributed by atoms with Gasteiger partial charge in [0, 0.05) is 67.5 Å². The second kappa shape index (κ2) is 9.84. The molecule has 3 N–H and O–H groups in total. The molecule has 6 rings (SSSR count). The Kier molecular flexibility index (Phi) is 6.17. The van der Waals surface area contributed by atoms with Crippen LogP contribution in [0.5, 0.6) is 0 Å². The van der Waals surface area contributed by atoms with Crippen LogP contribution < -0.4 is 11.3 Å². The second-order valence-corrected chi connectivity index (χ2v) is 9.78. The van der Waals surface area contributed by atoms with Gasteiger partial charge in [0.25, 0.3) is 11.5 Å². The highest BCUT2D eigenvalue weighted by atomic mass is 16.2. The zero-order valence-electron chi connectivity index (χ0n) is 21.9. The summed E-state index contributed by atoms with van der Waals surface area (Å²) in [6.45, 7) is 2.23. The van der Waals surface area contributed by atoms with Crippen molar-refractivity contribution in [3.8, 4) is 22.4 Å². The topological polar surface area (TPSA) is 170 Å². The number of nitrogens with zero attached hydrogens (tertiary/aromatic N) is 8. The van der Waals surface area contributed by atoms with E-state index in [9.17, 15) is 14.4 Å². The number of hydrogen-bond acceptors (Lipinski definition) is 9. The summed E-state index contributed by atoms with van der Waals surface area (Å²) >= 11 is 0. The molecule has 1 amide bonds. The Morgan fingerprint density at radius 3 is 2.50 bits per heavy atom. The molecule has 202 valence electrons. The molecule has 1 aliphatic heterocycles. The van der Waals surface area contributed by atoms with Crippen LogP contribution in [0.15, 0.2) is 54.1 Å². The van der Waals surface area contributed by atoms with Gasteiger partial charge in [0.15, 0.2) is 17.1 Å². The van der Waals surface area contributed by atoms with Crippen molar-refractivity contribution in [3.63, 3.8) is 0 Å². The predicted octanol–water partition coefficient (Wildman–Crippen LogP) is 2.08. The second-order valence-electron chi connectivity index (χ2n) is 9.78. The number of hydrogen-bond donors (Lipinski definition) is 2. The quantitative estimate of drug-likeness (QED) is 0.318. The average molecular weight is 539 g/mol. The Hall–Kier alpha value is -5.20. The van der Waals surface area contributed by atoms with Crippen molar-refractivity contribution in [3.05, 3.63) is 76.6 Å². The largest absolute Gasteiger partial charge is 0.383 e. The highest BCUT2D eigenvalue weighted by molar-refractivity contribution is 6.00. The number of Topliss-reactive ketones (excluding diaryl/α,β-unsaturated/α-hetero) is 1. The number of nitrogens with one attached hydrogen (secondary N) is 1. The third-order valence-corrected chi connectivity index (χ3v) is 7.22. The molecule has 0 atom stereocenters. The van der Waals surface area contributed by atoms with Crippen molar-refractivity contribution in [2.24, 2.45) is 7.05 Å². The van der Waals surface area contributed by atoms with Gasteiger partial charge in [-0.25, -0.2) is 9.97 Å². The number of aromatic nitrogens is 8. The molecule has 40 heavy (non-hydrogen) atoms. The Balaban J connectivity index is 1.32. The summed E-state index contributed by atoms with van der Waals surface area (Å²) in [7, 11) is 1.85. The number of pyridine rings is 1. The lowest BCUT2D eigenvalue weighted by Crippen LogP contribution is -2.41. The van der Waals surface area contributed by atoms with Gasteiger partial charge in [-0.3, -0.25) is 24.0 Å². The molecule has 0 aliphatic carbocycles. The third kappa shape index (κ3) is 4.30. The number of rotatable bonds is 5. The smallest absolute Gasteiger partial charge is 0.279 e. The van der Waals surface area contributed by atoms with Gasteiger partial charge in [0.2, 0.25) is 0 Å². The van der Waals surface area contributed by atoms with Crippen LogP contribution in [0.2, 0.25) is 0 Å². The average Bonchev–Trinajstić information content (AvgIpc) is 3.59. The number of aromatic amines is 1. The normalized spacial score (nSPS) is 14.1. The van der Waals surface area contributed by atoms with E-state index in [0.29, 0.717) is 42.8 Å². The zero-order chi connectivity index (χ0) is 28.0. The maximum atomic E-state index is 12.9. The summed E-state index contributed by atoms with van der Waals surface area (Å²) in [5.41, 5.74) is 10.5. The molecule has 1 fully saturated rings. The fraction of sp³-hybridized carbons (Fsp3) is 0.259. The summed E-state index contributed by atoms with van der Waals surface area (Å²) in [5.74, 6) is -0.529. The molecule has 0 radical (unpaired) electrons. The molecule has 1 aliphatic rings. The van der Waals surface area contributed by atoms with Gasteiger partial charge >= 0.3 is 0 Å². The Bertz CT molecular complexity index is 1810. The summed E-state index contributed by atoms with van der Waals surface area (Å²) < 4.78 is 3.20. The van der Waals surface area contributed by atoms with E-state index in [1.165, 1.54) is 23.8 Å². The van der Waals surface area contributed by atoms with Gasteiger partial charge in [-0.15, -0.1) is 0 Å². The van der Waals surface area contributed by atoms with Crippen LogP contribution in [0.1, 0.15) is 52.2 Å². The van der Waals surface area contributed by atoms with Crippen LogP contribution in [0.3, 0.4) is 0 Å². The molecule has 0 bridgehead atoms. The minimum absolute atomic E-state index is 0.119. The molecule has 0 spiro atoms. The molecule has 0 unspecified atom stereocenters. The summed E-state index contributed by atoms with van der Waals surface area (Å²) in [6, 6.07) is 3.84. The van der Waals surface area contributed by atoms with Gasteiger partial charge in [-0.2, -0.15) is 14.7 Å². The van der Waals surface area contributed by atoms with Gasteiger partial charge in [0.1, 0.15) is 5.82 Å². The summed E-state index contributed by atoms with van der Waals surface area (Å²) in [4.78, 5) is 55.2. The summed E-state index contributed by atoms with van der Waals surface area (Å²) in [6.07, 6.45) is 10.9. The lowest BCUT2D eigenvalue weighted by molar-refractivity contribution is 0.0703. The fourth-order valence-electron chi connectivity index (χ4n) is 5.18. The number of amides is 1. The number of carbonyl (C=O) groups excluding carboxylic acids is 2. The van der Waals surface area contributed by atoms with E-state index in [1.807, 2.05) is 25.4 Å². The van der Waals surface area contributed by atoms with Gasteiger partial charge in [-0.1, -0.05) is 6.07 Å². The Morgan fingerprint density at radius 1 is 1.05 bits per heavy atom. The van der Waals surface area contributed by atoms with Crippen molar-refractivity contribution < 1.29 is 9.59 Å². The number of anilines is 1. The minimum Gasteiger partial charge on any atom is -0.383 e. The minimum atomic E-state index is -0.524. The van der Waals surface area contributed by atoms with Crippen molar-refractivity contribution >= 4 is 23.2 Å². The van der Waals surface area contributed by atoms with Crippen LogP contribution in [-0.4, -0.2) is 69.0 Å². The van der Waals surface area contributed by atoms with Crippen LogP contribution in [-0.2, 0) is 7.05 Å². The first-order valence-electron chi connectivity index (χ1n) is 12.8. The molecule has 5 aromatic heterocycles. The van der Waals surface area contributed by atoms with E-state index < -0.39 is 11.5 Å². The standard InChI is InChI=1S/C27H26N10O3/c1-15(38)21-22(16-5-9-36(10-6-16)27(40)23-26(39)30-8-7-29-23)34-25-19(13-33-37(25)24(21)28)17-3-4-20(31-11-17)18-12-32-35(2)14-18/h3-4,7-8,11-14,16H,5-6,9-10,28H2,1-2H3,(H,30,39). The zero-order valence-corrected chi connectivity index (χ0v) is 21.9. The molecular formula is C27H26N10O3. The van der Waals surface area contributed by atoms with Crippen molar-refractivity contribution in [1.82, 2.24) is 44.2 Å². The molecule has 13 nitrogen and oxygen atoms in total. The molecule has 1 saturated heterocycles. The number of nitrogens with two attached hydrogens (primary N) is 1. The first kappa shape index (κ1) is 25.1. The van der Waals surface area contributed by atoms with Crippen molar-refractivity contribution in [2.75, 3.05) is 18.8 Å². The third-order valence-electron chi connectivity index (χ3n) is 7.22. The lowest BCUT2D eigenvalue weighted by atomic mass is 9.89.